The van der Waals surface area contributed by atoms with Gasteiger partial charge in [0, 0.05) is 33.0 Å². The van der Waals surface area contributed by atoms with Gasteiger partial charge in [0.05, 0.1) is 33.5 Å². The summed E-state index contributed by atoms with van der Waals surface area (Å²) < 4.78 is 4.64. The van der Waals surface area contributed by atoms with Crippen LogP contribution in [0, 0.1) is 6.92 Å². The number of benzene rings is 4. The number of aromatic nitrogens is 4. The Balaban J connectivity index is 1.60. The van der Waals surface area contributed by atoms with Crippen molar-refractivity contribution in [3.8, 4) is 28.5 Å². The Morgan fingerprint density at radius 1 is 0.538 bits per heavy atom. The lowest BCUT2D eigenvalue weighted by Gasteiger charge is -2.13. The number of rotatable bonds is 3. The highest BCUT2D eigenvalue weighted by molar-refractivity contribution is 6.21. The van der Waals surface area contributed by atoms with Crippen molar-refractivity contribution in [2.24, 2.45) is 0 Å². The maximum absolute atomic E-state index is 5.28. The summed E-state index contributed by atoms with van der Waals surface area (Å²) >= 11 is 0. The average molecular weight is 501 g/mol. The first-order valence-corrected chi connectivity index (χ1v) is 13.2. The second-order valence-electron chi connectivity index (χ2n) is 9.93. The Morgan fingerprint density at radius 3 is 1.97 bits per heavy atom. The van der Waals surface area contributed by atoms with Crippen molar-refractivity contribution in [2.45, 2.75) is 6.92 Å². The summed E-state index contributed by atoms with van der Waals surface area (Å²) in [5, 5.41) is 3.45. The lowest BCUT2D eigenvalue weighted by Crippen LogP contribution is -2.04. The van der Waals surface area contributed by atoms with Crippen molar-refractivity contribution in [3.05, 3.63) is 133 Å². The average Bonchev–Trinajstić information content (AvgIpc) is 3.51. The number of aryl methyl sites for hydroxylation is 1. The minimum Gasteiger partial charge on any atom is -0.311 e. The Morgan fingerprint density at radius 2 is 1.18 bits per heavy atom. The molecule has 0 unspecified atom stereocenters. The molecule has 0 radical (unpaired) electrons. The van der Waals surface area contributed by atoms with Gasteiger partial charge in [0.25, 0.3) is 0 Å². The van der Waals surface area contributed by atoms with Crippen molar-refractivity contribution in [1.29, 1.82) is 0 Å². The van der Waals surface area contributed by atoms with E-state index in [0.29, 0.717) is 5.95 Å². The Hall–Kier alpha value is -5.22. The standard InChI is InChI=1S/C35H24N4/c1-23-13-12-22-30-31-27-19-9-11-21-29(27)39(34(31)33(38(23)30)25-16-6-3-7-17-25)35-36-28-20-10-8-18-26(28)32(37-35)24-14-4-2-5-15-24/h2-22H,1H3. The van der Waals surface area contributed by atoms with Gasteiger partial charge in [-0.25, -0.2) is 9.97 Å². The van der Waals surface area contributed by atoms with Crippen molar-refractivity contribution in [3.63, 3.8) is 0 Å². The zero-order valence-electron chi connectivity index (χ0n) is 21.4. The minimum atomic E-state index is 0.671. The summed E-state index contributed by atoms with van der Waals surface area (Å²) in [6.07, 6.45) is 0. The zero-order chi connectivity index (χ0) is 25.9. The van der Waals surface area contributed by atoms with Crippen LogP contribution in [0.5, 0.6) is 0 Å². The van der Waals surface area contributed by atoms with Crippen molar-refractivity contribution in [2.75, 3.05) is 0 Å². The maximum Gasteiger partial charge on any atom is 0.235 e. The quantitative estimate of drug-likeness (QED) is 0.243. The second-order valence-corrected chi connectivity index (χ2v) is 9.93. The van der Waals surface area contributed by atoms with Gasteiger partial charge in [-0.05, 0) is 31.2 Å². The molecule has 0 saturated carbocycles. The highest BCUT2D eigenvalue weighted by Crippen LogP contribution is 2.42. The van der Waals surface area contributed by atoms with E-state index < -0.39 is 0 Å². The SMILES string of the molecule is Cc1cccc2c3c4ccccc4n(-c4nc(-c5ccccc5)c5ccccc5n4)c3c(-c3ccccc3)n12. The van der Waals surface area contributed by atoms with E-state index in [0.717, 1.165) is 44.5 Å². The summed E-state index contributed by atoms with van der Waals surface area (Å²) in [6.45, 7) is 2.17. The fourth-order valence-corrected chi connectivity index (χ4v) is 5.99. The van der Waals surface area contributed by atoms with Crippen LogP contribution in [-0.4, -0.2) is 18.9 Å². The van der Waals surface area contributed by atoms with Gasteiger partial charge in [0.1, 0.15) is 0 Å². The molecule has 4 heterocycles. The molecule has 4 nitrogen and oxygen atoms in total. The molecule has 0 saturated heterocycles. The first-order valence-electron chi connectivity index (χ1n) is 13.2. The monoisotopic (exact) mass is 500 g/mol. The molecule has 4 aromatic carbocycles. The van der Waals surface area contributed by atoms with Gasteiger partial charge in [-0.15, -0.1) is 0 Å². The molecule has 0 atom stereocenters. The van der Waals surface area contributed by atoms with Crippen LogP contribution in [0.2, 0.25) is 0 Å². The second kappa shape index (κ2) is 8.40. The molecule has 0 aliphatic rings. The summed E-state index contributed by atoms with van der Waals surface area (Å²) in [6, 6.07) is 44.5. The molecule has 184 valence electrons. The first-order chi connectivity index (χ1) is 19.3. The third kappa shape index (κ3) is 3.18. The van der Waals surface area contributed by atoms with E-state index in [9.17, 15) is 0 Å². The molecular formula is C35H24N4. The molecule has 4 aromatic heterocycles. The van der Waals surface area contributed by atoms with Gasteiger partial charge < -0.3 is 4.40 Å². The minimum absolute atomic E-state index is 0.671. The highest BCUT2D eigenvalue weighted by atomic mass is 15.2. The van der Waals surface area contributed by atoms with Gasteiger partial charge in [-0.2, -0.15) is 0 Å². The Bertz CT molecular complexity index is 2170. The van der Waals surface area contributed by atoms with E-state index in [4.69, 9.17) is 9.97 Å². The zero-order valence-corrected chi connectivity index (χ0v) is 21.4. The van der Waals surface area contributed by atoms with Gasteiger partial charge in [0.2, 0.25) is 5.95 Å². The Labute approximate surface area is 225 Å². The fourth-order valence-electron chi connectivity index (χ4n) is 5.99. The number of hydrogen-bond donors (Lipinski definition) is 0. The smallest absolute Gasteiger partial charge is 0.235 e. The maximum atomic E-state index is 5.28. The largest absolute Gasteiger partial charge is 0.311 e. The van der Waals surface area contributed by atoms with Gasteiger partial charge in [-0.3, -0.25) is 4.57 Å². The molecule has 39 heavy (non-hydrogen) atoms. The predicted octanol–water partition coefficient (Wildman–Crippen LogP) is 8.62. The highest BCUT2D eigenvalue weighted by Gasteiger charge is 2.25. The predicted molar refractivity (Wildman–Crippen MR) is 160 cm³/mol. The summed E-state index contributed by atoms with van der Waals surface area (Å²) in [4.78, 5) is 10.5. The summed E-state index contributed by atoms with van der Waals surface area (Å²) in [5.74, 6) is 0.671. The molecule has 0 N–H and O–H groups in total. The molecule has 0 aliphatic heterocycles. The van der Waals surface area contributed by atoms with E-state index in [1.54, 1.807) is 0 Å². The molecule has 0 fully saturated rings. The lowest BCUT2D eigenvalue weighted by atomic mass is 10.1. The van der Waals surface area contributed by atoms with Crippen molar-refractivity contribution < 1.29 is 0 Å². The van der Waals surface area contributed by atoms with Crippen LogP contribution in [-0.2, 0) is 0 Å². The van der Waals surface area contributed by atoms with Crippen LogP contribution in [0.3, 0.4) is 0 Å². The number of para-hydroxylation sites is 2. The van der Waals surface area contributed by atoms with Crippen molar-refractivity contribution in [1.82, 2.24) is 18.9 Å². The van der Waals surface area contributed by atoms with E-state index >= 15 is 0 Å². The number of hydrogen-bond acceptors (Lipinski definition) is 2. The van der Waals surface area contributed by atoms with Gasteiger partial charge in [-0.1, -0.05) is 103 Å². The van der Waals surface area contributed by atoms with E-state index in [2.05, 4.69) is 131 Å². The van der Waals surface area contributed by atoms with Crippen LogP contribution in [0.25, 0.3) is 66.7 Å². The molecule has 4 heteroatoms. The first kappa shape index (κ1) is 21.8. The Kier molecular flexibility index (Phi) is 4.70. The summed E-state index contributed by atoms with van der Waals surface area (Å²) in [7, 11) is 0. The molecule has 0 amide bonds. The number of pyridine rings is 1. The van der Waals surface area contributed by atoms with E-state index in [1.807, 2.05) is 12.1 Å². The van der Waals surface area contributed by atoms with Crippen molar-refractivity contribution >= 4 is 38.2 Å². The third-order valence-electron chi connectivity index (χ3n) is 7.65. The van der Waals surface area contributed by atoms with Crippen LogP contribution < -0.4 is 0 Å². The molecule has 8 aromatic rings. The van der Waals surface area contributed by atoms with Crippen LogP contribution >= 0.6 is 0 Å². The lowest BCUT2D eigenvalue weighted by molar-refractivity contribution is 1.01. The van der Waals surface area contributed by atoms with Crippen LogP contribution in [0.1, 0.15) is 5.69 Å². The number of nitrogens with zero attached hydrogens (tertiary/aromatic N) is 4. The molecule has 0 spiro atoms. The van der Waals surface area contributed by atoms with Gasteiger partial charge >= 0.3 is 0 Å². The van der Waals surface area contributed by atoms with Gasteiger partial charge in [0.15, 0.2) is 0 Å². The molecule has 0 aliphatic carbocycles. The van der Waals surface area contributed by atoms with E-state index in [1.165, 1.54) is 22.0 Å². The fraction of sp³-hybridized carbons (Fsp3) is 0.0286. The van der Waals surface area contributed by atoms with E-state index in [-0.39, 0.29) is 0 Å². The topological polar surface area (TPSA) is 35.1 Å². The summed E-state index contributed by atoms with van der Waals surface area (Å²) in [5.41, 5.74) is 9.82. The van der Waals surface area contributed by atoms with Crippen LogP contribution in [0.4, 0.5) is 0 Å². The van der Waals surface area contributed by atoms with Crippen LogP contribution in [0.15, 0.2) is 127 Å². The third-order valence-corrected chi connectivity index (χ3v) is 7.65. The normalized spacial score (nSPS) is 11.7. The molecule has 8 rings (SSSR count). The molecule has 0 bridgehead atoms. The molecular weight excluding hydrogens is 476 g/mol. The number of fused-ring (bicyclic) bond motifs is 6.